The van der Waals surface area contributed by atoms with Gasteiger partial charge in [0.05, 0.1) is 23.2 Å². The monoisotopic (exact) mass is 329 g/mol. The predicted octanol–water partition coefficient (Wildman–Crippen LogP) is 1.86. The molecule has 0 unspecified atom stereocenters. The summed E-state index contributed by atoms with van der Waals surface area (Å²) in [4.78, 5) is 4.35. The molecule has 1 aliphatic heterocycles. The number of hydrogen-bond donors (Lipinski definition) is 0. The summed E-state index contributed by atoms with van der Waals surface area (Å²) in [6.07, 6.45) is 2.33. The van der Waals surface area contributed by atoms with Crippen molar-refractivity contribution in [3.8, 4) is 0 Å². The highest BCUT2D eigenvalue weighted by Gasteiger charge is 2.31. The fourth-order valence-electron chi connectivity index (χ4n) is 2.37. The third-order valence-corrected chi connectivity index (χ3v) is 5.44. The van der Waals surface area contributed by atoms with Crippen molar-refractivity contribution in [2.45, 2.75) is 19.4 Å². The fraction of sp³-hybridized carbons (Fsp3) is 0.455. The Bertz CT molecular complexity index is 723. The second-order valence-electron chi connectivity index (χ2n) is 4.61. The Labute approximate surface area is 113 Å². The van der Waals surface area contributed by atoms with E-state index in [-0.39, 0.29) is 17.5 Å². The fourth-order valence-corrected chi connectivity index (χ4v) is 4.39. The van der Waals surface area contributed by atoms with E-state index < -0.39 is 9.84 Å². The van der Waals surface area contributed by atoms with Gasteiger partial charge < -0.3 is 0 Å². The first-order valence-electron chi connectivity index (χ1n) is 5.67. The van der Waals surface area contributed by atoms with Crippen molar-refractivity contribution in [1.29, 1.82) is 0 Å². The molecule has 3 rings (SSSR count). The molecule has 0 aromatic carbocycles. The van der Waals surface area contributed by atoms with E-state index in [2.05, 4.69) is 26.0 Å². The summed E-state index contributed by atoms with van der Waals surface area (Å²) in [5, 5.41) is 5.41. The number of pyridine rings is 1. The molecule has 0 aliphatic carbocycles. The van der Waals surface area contributed by atoms with Gasteiger partial charge in [0.15, 0.2) is 15.5 Å². The zero-order valence-corrected chi connectivity index (χ0v) is 12.2. The zero-order chi connectivity index (χ0) is 12.9. The smallest absolute Gasteiger partial charge is 0.158 e. The highest BCUT2D eigenvalue weighted by atomic mass is 79.9. The van der Waals surface area contributed by atoms with E-state index in [4.69, 9.17) is 0 Å². The van der Waals surface area contributed by atoms with Gasteiger partial charge in [-0.1, -0.05) is 0 Å². The van der Waals surface area contributed by atoms with Crippen LogP contribution in [0.2, 0.25) is 0 Å². The molecule has 7 heteroatoms. The minimum Gasteiger partial charge on any atom is -0.243 e. The number of aryl methyl sites for hydroxylation is 1. The van der Waals surface area contributed by atoms with Gasteiger partial charge in [0.1, 0.15) is 0 Å². The first kappa shape index (κ1) is 12.1. The lowest BCUT2D eigenvalue weighted by molar-refractivity contribution is 0.509. The van der Waals surface area contributed by atoms with Gasteiger partial charge in [-0.3, -0.25) is 0 Å². The standard InChI is InChI=1S/C11H12BrN3O2S/c1-7-10-4-8(12)5-13-11(10)15(14-7)9-2-3-18(16,17)6-9/h4-5,9H,2-3,6H2,1H3/t9-/m1/s1. The molecular formula is C11H12BrN3O2S. The van der Waals surface area contributed by atoms with E-state index in [1.54, 1.807) is 10.9 Å². The molecule has 0 amide bonds. The van der Waals surface area contributed by atoms with E-state index >= 15 is 0 Å². The highest BCUT2D eigenvalue weighted by molar-refractivity contribution is 9.10. The maximum atomic E-state index is 11.5. The minimum absolute atomic E-state index is 0.0834. The van der Waals surface area contributed by atoms with Gasteiger partial charge in [0.2, 0.25) is 0 Å². The third kappa shape index (κ3) is 1.95. The topological polar surface area (TPSA) is 64.8 Å². The summed E-state index contributed by atoms with van der Waals surface area (Å²) in [6, 6.07) is 1.88. The van der Waals surface area contributed by atoms with Crippen LogP contribution in [0.4, 0.5) is 0 Å². The summed E-state index contributed by atoms with van der Waals surface area (Å²) in [5.74, 6) is 0.412. The Morgan fingerprint density at radius 1 is 1.50 bits per heavy atom. The molecule has 96 valence electrons. The van der Waals surface area contributed by atoms with Crippen LogP contribution in [0, 0.1) is 6.92 Å². The molecule has 0 bridgehead atoms. The molecule has 5 nitrogen and oxygen atoms in total. The van der Waals surface area contributed by atoms with Crippen LogP contribution in [0.15, 0.2) is 16.7 Å². The highest BCUT2D eigenvalue weighted by Crippen LogP contribution is 2.28. The average molecular weight is 330 g/mol. The summed E-state index contributed by atoms with van der Waals surface area (Å²) >= 11 is 3.38. The first-order chi connectivity index (χ1) is 8.46. The summed E-state index contributed by atoms with van der Waals surface area (Å²) in [7, 11) is -2.91. The lowest BCUT2D eigenvalue weighted by Gasteiger charge is -2.08. The first-order valence-corrected chi connectivity index (χ1v) is 8.28. The van der Waals surface area contributed by atoms with Crippen LogP contribution >= 0.6 is 15.9 Å². The molecule has 0 spiro atoms. The molecular weight excluding hydrogens is 318 g/mol. The van der Waals surface area contributed by atoms with Crippen molar-refractivity contribution in [3.63, 3.8) is 0 Å². The molecule has 1 saturated heterocycles. The van der Waals surface area contributed by atoms with E-state index in [1.165, 1.54) is 0 Å². The van der Waals surface area contributed by atoms with Crippen molar-refractivity contribution in [3.05, 3.63) is 22.4 Å². The van der Waals surface area contributed by atoms with Crippen molar-refractivity contribution in [1.82, 2.24) is 14.8 Å². The number of halogens is 1. The van der Waals surface area contributed by atoms with Gasteiger partial charge in [-0.15, -0.1) is 0 Å². The molecule has 1 atom stereocenters. The van der Waals surface area contributed by atoms with Crippen LogP contribution in [-0.4, -0.2) is 34.7 Å². The summed E-state index contributed by atoms with van der Waals surface area (Å²) < 4.78 is 25.7. The molecule has 2 aromatic heterocycles. The second-order valence-corrected chi connectivity index (χ2v) is 7.76. The lowest BCUT2D eigenvalue weighted by Crippen LogP contribution is -2.12. The Kier molecular flexibility index (Phi) is 2.71. The molecule has 2 aromatic rings. The number of fused-ring (bicyclic) bond motifs is 1. The van der Waals surface area contributed by atoms with Crippen molar-refractivity contribution < 1.29 is 8.42 Å². The maximum Gasteiger partial charge on any atom is 0.158 e. The molecule has 0 radical (unpaired) electrons. The van der Waals surface area contributed by atoms with Crippen molar-refractivity contribution in [2.24, 2.45) is 0 Å². The molecule has 3 heterocycles. The van der Waals surface area contributed by atoms with Crippen LogP contribution in [0.25, 0.3) is 11.0 Å². The number of sulfone groups is 1. The number of hydrogen-bond acceptors (Lipinski definition) is 4. The van der Waals surface area contributed by atoms with Crippen LogP contribution in [0.1, 0.15) is 18.2 Å². The SMILES string of the molecule is Cc1nn([C@@H]2CCS(=O)(=O)C2)c2ncc(Br)cc12. The number of aromatic nitrogens is 3. The zero-order valence-electron chi connectivity index (χ0n) is 9.80. The predicted molar refractivity (Wildman–Crippen MR) is 72.3 cm³/mol. The van der Waals surface area contributed by atoms with Crippen LogP contribution in [0.3, 0.4) is 0 Å². The molecule has 18 heavy (non-hydrogen) atoms. The number of rotatable bonds is 1. The normalized spacial score (nSPS) is 22.7. The second kappa shape index (κ2) is 4.03. The van der Waals surface area contributed by atoms with Crippen molar-refractivity contribution in [2.75, 3.05) is 11.5 Å². The van der Waals surface area contributed by atoms with E-state index in [0.29, 0.717) is 6.42 Å². The van der Waals surface area contributed by atoms with Gasteiger partial charge in [-0.05, 0) is 35.3 Å². The maximum absolute atomic E-state index is 11.5. The molecule has 1 fully saturated rings. The Hall–Kier alpha value is -0.950. The largest absolute Gasteiger partial charge is 0.243 e. The summed E-state index contributed by atoms with van der Waals surface area (Å²) in [5.41, 5.74) is 1.64. The van der Waals surface area contributed by atoms with Gasteiger partial charge >= 0.3 is 0 Å². The van der Waals surface area contributed by atoms with Crippen LogP contribution in [-0.2, 0) is 9.84 Å². The average Bonchev–Trinajstić information content (AvgIpc) is 2.80. The molecule has 1 aliphatic rings. The molecule has 0 N–H and O–H groups in total. The van der Waals surface area contributed by atoms with E-state index in [0.717, 1.165) is 21.2 Å². The third-order valence-electron chi connectivity index (χ3n) is 3.25. The van der Waals surface area contributed by atoms with Crippen molar-refractivity contribution >= 4 is 36.8 Å². The van der Waals surface area contributed by atoms with E-state index in [1.807, 2.05) is 13.0 Å². The van der Waals surface area contributed by atoms with Gasteiger partial charge in [-0.25, -0.2) is 18.1 Å². The number of nitrogens with zero attached hydrogens (tertiary/aromatic N) is 3. The van der Waals surface area contributed by atoms with Gasteiger partial charge in [0, 0.05) is 16.1 Å². The Morgan fingerprint density at radius 3 is 2.94 bits per heavy atom. The van der Waals surface area contributed by atoms with Crippen LogP contribution < -0.4 is 0 Å². The molecule has 0 saturated carbocycles. The lowest BCUT2D eigenvalue weighted by atomic mass is 10.2. The Balaban J connectivity index is 2.14. The van der Waals surface area contributed by atoms with Gasteiger partial charge in [-0.2, -0.15) is 5.10 Å². The summed E-state index contributed by atoms with van der Waals surface area (Å²) in [6.45, 7) is 1.91. The van der Waals surface area contributed by atoms with Crippen LogP contribution in [0.5, 0.6) is 0 Å². The van der Waals surface area contributed by atoms with E-state index in [9.17, 15) is 8.42 Å². The van der Waals surface area contributed by atoms with Gasteiger partial charge in [0.25, 0.3) is 0 Å². The quantitative estimate of drug-likeness (QED) is 0.801. The minimum atomic E-state index is -2.91. The Morgan fingerprint density at radius 2 is 2.28 bits per heavy atom.